The van der Waals surface area contributed by atoms with Crippen LogP contribution in [0.4, 0.5) is 0 Å². The van der Waals surface area contributed by atoms with Crippen molar-refractivity contribution in [3.63, 3.8) is 0 Å². The Balaban J connectivity index is 0. The van der Waals surface area contributed by atoms with Gasteiger partial charge < -0.3 is 25.7 Å². The lowest BCUT2D eigenvalue weighted by Crippen LogP contribution is -2.44. The Kier molecular flexibility index (Phi) is 23.7. The largest absolute Gasteiger partial charge is 0.331 e. The molecule has 0 aromatic heterocycles. The summed E-state index contributed by atoms with van der Waals surface area (Å²) < 4.78 is 16.5. The smallest absolute Gasteiger partial charge is 0.285 e. The Hall–Kier alpha value is -0.200. The van der Waals surface area contributed by atoms with Gasteiger partial charge in [-0.25, -0.2) is 0 Å². The molecule has 0 amide bonds. The highest BCUT2D eigenvalue weighted by atomic mass is 16.9. The van der Waals surface area contributed by atoms with Crippen LogP contribution in [-0.4, -0.2) is 40.4 Å². The van der Waals surface area contributed by atoms with Crippen LogP contribution >= 0.6 is 0 Å². The molecule has 0 spiro atoms. The van der Waals surface area contributed by atoms with Crippen molar-refractivity contribution < 1.29 is 14.2 Å². The minimum atomic E-state index is -0.862. The molecule has 0 aromatic rings. The third-order valence-corrected chi connectivity index (χ3v) is 5.06. The molecule has 0 aliphatic rings. The highest BCUT2D eigenvalue weighted by Gasteiger charge is 2.38. The molecule has 166 valence electrons. The van der Waals surface area contributed by atoms with Gasteiger partial charge in [-0.2, -0.15) is 0 Å². The topological polar surface area (TPSA) is 79.7 Å². The predicted molar refractivity (Wildman–Crippen MR) is 117 cm³/mol. The zero-order valence-electron chi connectivity index (χ0n) is 19.1. The van der Waals surface area contributed by atoms with Crippen molar-refractivity contribution in [1.82, 2.24) is 0 Å². The van der Waals surface area contributed by atoms with Gasteiger partial charge in [-0.1, -0.05) is 71.6 Å². The molecule has 0 aliphatic carbocycles. The van der Waals surface area contributed by atoms with E-state index in [4.69, 9.17) is 25.7 Å². The first-order valence-corrected chi connectivity index (χ1v) is 11.2. The van der Waals surface area contributed by atoms with Crippen molar-refractivity contribution in [3.05, 3.63) is 0 Å². The number of hydrogen-bond acceptors (Lipinski definition) is 5. The molecule has 5 nitrogen and oxygen atoms in total. The zero-order chi connectivity index (χ0) is 20.8. The first kappa shape index (κ1) is 29.0. The number of unbranched alkanes of at least 4 members (excludes halogenated alkanes) is 8. The van der Waals surface area contributed by atoms with Gasteiger partial charge >= 0.3 is 0 Å². The Morgan fingerprint density at radius 2 is 1.04 bits per heavy atom. The summed E-state index contributed by atoms with van der Waals surface area (Å²) in [7, 11) is 4.99. The average molecular weight is 391 g/mol. The maximum atomic E-state index is 5.50. The molecule has 27 heavy (non-hydrogen) atoms. The molecule has 1 atom stereocenters. The minimum Gasteiger partial charge on any atom is -0.331 e. The van der Waals surface area contributed by atoms with E-state index in [0.717, 1.165) is 45.2 Å². The summed E-state index contributed by atoms with van der Waals surface area (Å²) in [5.41, 5.74) is 10.6. The molecule has 0 bridgehead atoms. The molecule has 0 radical (unpaired) electrons. The van der Waals surface area contributed by atoms with Gasteiger partial charge in [0.15, 0.2) is 0 Å². The molecule has 0 rings (SSSR count). The standard InChI is InChI=1S/C16H34O3.C6H16N2/c1-6-8-9-10-11-12-14-15(13-7-2)16(17-3,18-4)19-5;7-5-3-1-2-4-6-8/h15H,6-14H2,1-5H3;1-8H2. The van der Waals surface area contributed by atoms with E-state index < -0.39 is 5.97 Å². The lowest BCUT2D eigenvalue weighted by atomic mass is 9.93. The first-order chi connectivity index (χ1) is 13.1. The monoisotopic (exact) mass is 390 g/mol. The first-order valence-electron chi connectivity index (χ1n) is 11.2. The molecular weight excluding hydrogens is 340 g/mol. The van der Waals surface area contributed by atoms with Crippen molar-refractivity contribution in [3.8, 4) is 0 Å². The Morgan fingerprint density at radius 3 is 1.44 bits per heavy atom. The van der Waals surface area contributed by atoms with Gasteiger partial charge in [-0.05, 0) is 38.8 Å². The SMILES string of the molecule is CCCCCCCCC(CCC)C(OC)(OC)OC.NCCCCCCN. The molecule has 4 N–H and O–H groups in total. The van der Waals surface area contributed by atoms with Crippen LogP contribution in [0.2, 0.25) is 0 Å². The molecule has 0 saturated heterocycles. The molecule has 0 saturated carbocycles. The molecule has 5 heteroatoms. The van der Waals surface area contributed by atoms with Crippen LogP contribution in [0.1, 0.15) is 97.3 Å². The minimum absolute atomic E-state index is 0.309. The summed E-state index contributed by atoms with van der Waals surface area (Å²) in [6.45, 7) is 6.09. The molecule has 0 aliphatic heterocycles. The average Bonchev–Trinajstić information content (AvgIpc) is 2.70. The summed E-state index contributed by atoms with van der Waals surface area (Å²) in [6.07, 6.45) is 16.0. The Morgan fingerprint density at radius 1 is 0.593 bits per heavy atom. The lowest BCUT2D eigenvalue weighted by Gasteiger charge is -2.36. The van der Waals surface area contributed by atoms with Gasteiger partial charge in [0.05, 0.1) is 0 Å². The summed E-state index contributed by atoms with van der Waals surface area (Å²) >= 11 is 0. The van der Waals surface area contributed by atoms with E-state index in [1.54, 1.807) is 21.3 Å². The van der Waals surface area contributed by atoms with E-state index in [-0.39, 0.29) is 0 Å². The highest BCUT2D eigenvalue weighted by molar-refractivity contribution is 4.71. The quantitative estimate of drug-likeness (QED) is 0.248. The third-order valence-electron chi connectivity index (χ3n) is 5.06. The predicted octanol–water partition coefficient (Wildman–Crippen LogP) is 5.21. The number of hydrogen-bond donors (Lipinski definition) is 2. The van der Waals surface area contributed by atoms with Gasteiger partial charge in [0.1, 0.15) is 0 Å². The van der Waals surface area contributed by atoms with Crippen molar-refractivity contribution in [2.45, 2.75) is 103 Å². The highest BCUT2D eigenvalue weighted by Crippen LogP contribution is 2.32. The fourth-order valence-electron chi connectivity index (χ4n) is 3.41. The number of rotatable bonds is 18. The van der Waals surface area contributed by atoms with Crippen LogP contribution in [0.25, 0.3) is 0 Å². The lowest BCUT2D eigenvalue weighted by molar-refractivity contribution is -0.380. The van der Waals surface area contributed by atoms with Gasteiger partial charge in [0.25, 0.3) is 5.97 Å². The van der Waals surface area contributed by atoms with Gasteiger partial charge in [0, 0.05) is 27.2 Å². The molecular formula is C22H50N2O3. The number of methoxy groups -OCH3 is 3. The fraction of sp³-hybridized carbons (Fsp3) is 1.00. The van der Waals surface area contributed by atoms with Crippen molar-refractivity contribution in [1.29, 1.82) is 0 Å². The van der Waals surface area contributed by atoms with Gasteiger partial charge in [-0.3, -0.25) is 0 Å². The Labute approximate surface area is 169 Å². The zero-order valence-corrected chi connectivity index (χ0v) is 19.1. The fourth-order valence-corrected chi connectivity index (χ4v) is 3.41. The molecule has 0 aromatic carbocycles. The maximum absolute atomic E-state index is 5.50. The van der Waals surface area contributed by atoms with Crippen LogP contribution in [0, 0.1) is 5.92 Å². The van der Waals surface area contributed by atoms with Gasteiger partial charge in [-0.15, -0.1) is 0 Å². The summed E-state index contributed by atoms with van der Waals surface area (Å²) in [5, 5.41) is 0. The van der Waals surface area contributed by atoms with Crippen LogP contribution in [0.15, 0.2) is 0 Å². The van der Waals surface area contributed by atoms with Crippen molar-refractivity contribution in [2.24, 2.45) is 17.4 Å². The molecule has 0 fully saturated rings. The Bertz CT molecular complexity index is 260. The van der Waals surface area contributed by atoms with E-state index in [2.05, 4.69) is 13.8 Å². The van der Waals surface area contributed by atoms with Crippen LogP contribution in [0.5, 0.6) is 0 Å². The second-order valence-corrected chi connectivity index (χ2v) is 7.25. The maximum Gasteiger partial charge on any atom is 0.285 e. The second kappa shape index (κ2) is 22.1. The summed E-state index contributed by atoms with van der Waals surface area (Å²) in [6, 6.07) is 0. The van der Waals surface area contributed by atoms with E-state index in [0.29, 0.717) is 5.92 Å². The summed E-state index contributed by atoms with van der Waals surface area (Å²) in [4.78, 5) is 0. The molecule has 1 unspecified atom stereocenters. The number of ether oxygens (including phenoxy) is 3. The normalized spacial score (nSPS) is 12.6. The van der Waals surface area contributed by atoms with Crippen molar-refractivity contribution >= 4 is 0 Å². The third kappa shape index (κ3) is 15.4. The van der Waals surface area contributed by atoms with E-state index >= 15 is 0 Å². The van der Waals surface area contributed by atoms with E-state index in [9.17, 15) is 0 Å². The van der Waals surface area contributed by atoms with E-state index in [1.807, 2.05) is 0 Å². The second-order valence-electron chi connectivity index (χ2n) is 7.25. The van der Waals surface area contributed by atoms with E-state index in [1.165, 1.54) is 51.4 Å². The van der Waals surface area contributed by atoms with Crippen LogP contribution < -0.4 is 11.5 Å². The van der Waals surface area contributed by atoms with Crippen LogP contribution in [0.3, 0.4) is 0 Å². The number of nitrogens with two attached hydrogens (primary N) is 2. The molecule has 0 heterocycles. The van der Waals surface area contributed by atoms with Gasteiger partial charge in [0.2, 0.25) is 0 Å². The van der Waals surface area contributed by atoms with Crippen molar-refractivity contribution in [2.75, 3.05) is 34.4 Å². The summed E-state index contributed by atoms with van der Waals surface area (Å²) in [5.74, 6) is -0.553. The van der Waals surface area contributed by atoms with Crippen LogP contribution in [-0.2, 0) is 14.2 Å².